The van der Waals surface area contributed by atoms with E-state index in [-0.39, 0.29) is 6.42 Å². The molecule has 0 aromatic heterocycles. The molecule has 14 heavy (non-hydrogen) atoms. The highest BCUT2D eigenvalue weighted by Crippen LogP contribution is 2.18. The molecule has 1 rings (SSSR count). The first kappa shape index (κ1) is 11.1. The topological polar surface area (TPSA) is 17.1 Å². The molecular formula is C10H9ClF2O. The first-order valence-electron chi connectivity index (χ1n) is 4.05. The Kier molecular flexibility index (Phi) is 3.21. The van der Waals surface area contributed by atoms with Gasteiger partial charge in [-0.15, -0.1) is 0 Å². The van der Waals surface area contributed by atoms with Crippen molar-refractivity contribution >= 4 is 17.4 Å². The quantitative estimate of drug-likeness (QED) is 0.762. The Labute approximate surface area is 85.7 Å². The molecule has 0 atom stereocenters. The summed E-state index contributed by atoms with van der Waals surface area (Å²) in [7, 11) is 0. The highest BCUT2D eigenvalue weighted by molar-refractivity contribution is 6.30. The Morgan fingerprint density at radius 3 is 2.64 bits per heavy atom. The summed E-state index contributed by atoms with van der Waals surface area (Å²) in [5.41, 5.74) is 0.504. The van der Waals surface area contributed by atoms with E-state index in [4.69, 9.17) is 11.6 Å². The summed E-state index contributed by atoms with van der Waals surface area (Å²) in [6, 6.07) is 6.35. The predicted octanol–water partition coefficient (Wildman–Crippen LogP) is 3.11. The third-order valence-corrected chi connectivity index (χ3v) is 1.98. The number of alkyl halides is 2. The lowest BCUT2D eigenvalue weighted by Gasteiger charge is -2.08. The number of carbonyl (C=O) groups excluding carboxylic acids is 1. The van der Waals surface area contributed by atoms with Crippen LogP contribution in [-0.4, -0.2) is 11.7 Å². The minimum absolute atomic E-state index is 0.288. The zero-order valence-corrected chi connectivity index (χ0v) is 8.31. The standard InChI is InChI=1S/C10H9ClF2O/c1-10(12,13)9(14)6-7-3-2-4-8(11)5-7/h2-5H,6H2,1H3. The number of rotatable bonds is 3. The fourth-order valence-electron chi connectivity index (χ4n) is 0.988. The highest BCUT2D eigenvalue weighted by Gasteiger charge is 2.31. The first-order chi connectivity index (χ1) is 6.39. The molecule has 0 amide bonds. The van der Waals surface area contributed by atoms with E-state index >= 15 is 0 Å². The van der Waals surface area contributed by atoms with E-state index < -0.39 is 11.7 Å². The van der Waals surface area contributed by atoms with Gasteiger partial charge in [0.2, 0.25) is 5.78 Å². The van der Waals surface area contributed by atoms with Gasteiger partial charge in [0.15, 0.2) is 0 Å². The lowest BCUT2D eigenvalue weighted by atomic mass is 10.1. The van der Waals surface area contributed by atoms with E-state index in [1.165, 1.54) is 6.07 Å². The van der Waals surface area contributed by atoms with E-state index in [0.29, 0.717) is 17.5 Å². The van der Waals surface area contributed by atoms with Crippen LogP contribution in [-0.2, 0) is 11.2 Å². The Hall–Kier alpha value is -0.960. The molecule has 0 radical (unpaired) electrons. The summed E-state index contributed by atoms with van der Waals surface area (Å²) in [6.07, 6.45) is -0.288. The average molecular weight is 219 g/mol. The second-order valence-corrected chi connectivity index (χ2v) is 3.55. The minimum Gasteiger partial charge on any atom is -0.293 e. The van der Waals surface area contributed by atoms with Crippen LogP contribution >= 0.6 is 11.6 Å². The van der Waals surface area contributed by atoms with Crippen molar-refractivity contribution in [3.05, 3.63) is 34.9 Å². The predicted molar refractivity (Wildman–Crippen MR) is 50.8 cm³/mol. The average Bonchev–Trinajstić information content (AvgIpc) is 2.02. The maximum absolute atomic E-state index is 12.5. The van der Waals surface area contributed by atoms with E-state index in [1.54, 1.807) is 18.2 Å². The van der Waals surface area contributed by atoms with E-state index in [0.717, 1.165) is 0 Å². The third kappa shape index (κ3) is 3.07. The van der Waals surface area contributed by atoms with Gasteiger partial charge in [0.05, 0.1) is 0 Å². The van der Waals surface area contributed by atoms with Gasteiger partial charge in [-0.1, -0.05) is 23.7 Å². The normalized spacial score (nSPS) is 11.4. The molecule has 76 valence electrons. The number of ketones is 1. The van der Waals surface area contributed by atoms with Crippen LogP contribution in [0.25, 0.3) is 0 Å². The van der Waals surface area contributed by atoms with Crippen LogP contribution in [0.5, 0.6) is 0 Å². The molecule has 1 aromatic rings. The number of hydrogen-bond donors (Lipinski definition) is 0. The van der Waals surface area contributed by atoms with Crippen molar-refractivity contribution in [2.24, 2.45) is 0 Å². The number of Topliss-reactive ketones (excluding diaryl/α,β-unsaturated/α-hetero) is 1. The Bertz CT molecular complexity index is 344. The lowest BCUT2D eigenvalue weighted by molar-refractivity contribution is -0.139. The molecule has 0 unspecified atom stereocenters. The molecule has 0 aliphatic rings. The van der Waals surface area contributed by atoms with Crippen molar-refractivity contribution in [3.63, 3.8) is 0 Å². The number of carbonyl (C=O) groups is 1. The second kappa shape index (κ2) is 4.05. The van der Waals surface area contributed by atoms with Crippen LogP contribution < -0.4 is 0 Å². The van der Waals surface area contributed by atoms with Crippen LogP contribution in [0.15, 0.2) is 24.3 Å². The molecule has 0 saturated carbocycles. The Morgan fingerprint density at radius 2 is 2.14 bits per heavy atom. The second-order valence-electron chi connectivity index (χ2n) is 3.12. The van der Waals surface area contributed by atoms with Gasteiger partial charge in [0.25, 0.3) is 0 Å². The first-order valence-corrected chi connectivity index (χ1v) is 4.43. The smallest absolute Gasteiger partial charge is 0.293 e. The summed E-state index contributed by atoms with van der Waals surface area (Å²) in [6.45, 7) is 0.597. The third-order valence-electron chi connectivity index (χ3n) is 1.74. The molecule has 0 bridgehead atoms. The van der Waals surface area contributed by atoms with Gasteiger partial charge in [-0.3, -0.25) is 4.79 Å². The molecule has 0 saturated heterocycles. The van der Waals surface area contributed by atoms with Crippen molar-refractivity contribution in [1.29, 1.82) is 0 Å². The van der Waals surface area contributed by atoms with Gasteiger partial charge < -0.3 is 0 Å². The fourth-order valence-corrected chi connectivity index (χ4v) is 1.20. The number of hydrogen-bond acceptors (Lipinski definition) is 1. The summed E-state index contributed by atoms with van der Waals surface area (Å²) in [5, 5.41) is 0.440. The van der Waals surface area contributed by atoms with E-state index in [9.17, 15) is 13.6 Å². The van der Waals surface area contributed by atoms with Gasteiger partial charge in [0, 0.05) is 18.4 Å². The maximum atomic E-state index is 12.5. The molecule has 0 spiro atoms. The van der Waals surface area contributed by atoms with Crippen LogP contribution in [0.3, 0.4) is 0 Å². The molecule has 1 nitrogen and oxygen atoms in total. The molecule has 0 N–H and O–H groups in total. The summed E-state index contributed by atoms with van der Waals surface area (Å²) >= 11 is 5.64. The molecule has 0 aliphatic carbocycles. The van der Waals surface area contributed by atoms with Crippen molar-refractivity contribution in [3.8, 4) is 0 Å². The summed E-state index contributed by atoms with van der Waals surface area (Å²) in [5.74, 6) is -4.37. The molecule has 0 fully saturated rings. The van der Waals surface area contributed by atoms with Gasteiger partial charge in [0.1, 0.15) is 0 Å². The van der Waals surface area contributed by atoms with Gasteiger partial charge in [-0.25, -0.2) is 0 Å². The number of benzene rings is 1. The highest BCUT2D eigenvalue weighted by atomic mass is 35.5. The molecule has 4 heteroatoms. The molecule has 1 aromatic carbocycles. The minimum atomic E-state index is -3.28. The lowest BCUT2D eigenvalue weighted by Crippen LogP contribution is -2.26. The monoisotopic (exact) mass is 218 g/mol. The van der Waals surface area contributed by atoms with Gasteiger partial charge in [-0.05, 0) is 17.7 Å². The van der Waals surface area contributed by atoms with Gasteiger partial charge in [-0.2, -0.15) is 8.78 Å². The van der Waals surface area contributed by atoms with Crippen molar-refractivity contribution in [2.75, 3.05) is 0 Å². The van der Waals surface area contributed by atoms with Crippen LogP contribution in [0.4, 0.5) is 8.78 Å². The van der Waals surface area contributed by atoms with Crippen molar-refractivity contribution in [1.82, 2.24) is 0 Å². The fraction of sp³-hybridized carbons (Fsp3) is 0.300. The molecule has 0 aliphatic heterocycles. The maximum Gasteiger partial charge on any atom is 0.302 e. The van der Waals surface area contributed by atoms with Crippen molar-refractivity contribution in [2.45, 2.75) is 19.3 Å². The van der Waals surface area contributed by atoms with Crippen LogP contribution in [0.1, 0.15) is 12.5 Å². The SMILES string of the molecule is CC(F)(F)C(=O)Cc1cccc(Cl)c1. The van der Waals surface area contributed by atoms with Crippen LogP contribution in [0.2, 0.25) is 5.02 Å². The Morgan fingerprint density at radius 1 is 1.50 bits per heavy atom. The van der Waals surface area contributed by atoms with Gasteiger partial charge >= 0.3 is 5.92 Å². The zero-order chi connectivity index (χ0) is 10.8. The largest absolute Gasteiger partial charge is 0.302 e. The van der Waals surface area contributed by atoms with Crippen molar-refractivity contribution < 1.29 is 13.6 Å². The Balaban J connectivity index is 2.75. The van der Waals surface area contributed by atoms with Crippen LogP contribution in [0, 0.1) is 0 Å². The summed E-state index contributed by atoms with van der Waals surface area (Å²) < 4.78 is 25.0. The number of halogens is 3. The molecule has 0 heterocycles. The zero-order valence-electron chi connectivity index (χ0n) is 7.56. The van der Waals surface area contributed by atoms with E-state index in [2.05, 4.69) is 0 Å². The van der Waals surface area contributed by atoms with E-state index in [1.807, 2.05) is 0 Å². The summed E-state index contributed by atoms with van der Waals surface area (Å²) in [4.78, 5) is 11.0. The molecular weight excluding hydrogens is 210 g/mol.